The molecule has 0 atom stereocenters. The van der Waals surface area contributed by atoms with E-state index in [2.05, 4.69) is 5.32 Å². The van der Waals surface area contributed by atoms with Crippen LogP contribution in [-0.4, -0.2) is 36.5 Å². The van der Waals surface area contributed by atoms with E-state index in [1.807, 2.05) is 45.0 Å². The van der Waals surface area contributed by atoms with Crippen molar-refractivity contribution in [3.8, 4) is 11.5 Å². The highest BCUT2D eigenvalue weighted by Gasteiger charge is 2.37. The summed E-state index contributed by atoms with van der Waals surface area (Å²) in [6.07, 6.45) is 0.0539. The van der Waals surface area contributed by atoms with Gasteiger partial charge >= 0.3 is 0 Å². The van der Waals surface area contributed by atoms with Crippen molar-refractivity contribution in [2.75, 3.05) is 19.0 Å². The fraction of sp³-hybridized carbons (Fsp3) is 0.273. The topological polar surface area (TPSA) is 67.9 Å². The van der Waals surface area contributed by atoms with Gasteiger partial charge in [0.15, 0.2) is 0 Å². The third kappa shape index (κ3) is 3.86. The average Bonchev–Trinajstić information content (AvgIpc) is 2.88. The van der Waals surface area contributed by atoms with E-state index in [-0.39, 0.29) is 23.6 Å². The molecule has 3 rings (SSSR count). The lowest BCUT2D eigenvalue weighted by atomic mass is 10.0. The lowest BCUT2D eigenvalue weighted by Gasteiger charge is -2.13. The van der Waals surface area contributed by atoms with Gasteiger partial charge in [-0.25, -0.2) is 0 Å². The molecule has 0 aliphatic carbocycles. The second-order valence-corrected chi connectivity index (χ2v) is 6.66. The Hall–Kier alpha value is -3.28. The zero-order valence-electron chi connectivity index (χ0n) is 16.5. The summed E-state index contributed by atoms with van der Waals surface area (Å²) in [5.41, 5.74) is 1.84. The SMILES string of the molecule is CCOc1ccccc1NC1=C(c2ccc(OC(C)C)cc2)C(=O)N(C)C1=O. The second-order valence-electron chi connectivity index (χ2n) is 6.66. The van der Waals surface area contributed by atoms with Crippen LogP contribution in [0.25, 0.3) is 5.57 Å². The van der Waals surface area contributed by atoms with Gasteiger partial charge in [0.25, 0.3) is 11.8 Å². The maximum absolute atomic E-state index is 12.7. The standard InChI is InChI=1S/C22H24N2O4/c1-5-27-18-9-7-6-8-17(18)23-20-19(21(25)24(4)22(20)26)15-10-12-16(13-11-15)28-14(2)3/h6-14,23H,5H2,1-4H3. The lowest BCUT2D eigenvalue weighted by molar-refractivity contribution is -0.135. The van der Waals surface area contributed by atoms with E-state index in [1.165, 1.54) is 7.05 Å². The summed E-state index contributed by atoms with van der Waals surface area (Å²) in [5, 5.41) is 3.11. The van der Waals surface area contributed by atoms with Crippen LogP contribution in [0.4, 0.5) is 5.69 Å². The summed E-state index contributed by atoms with van der Waals surface area (Å²) < 4.78 is 11.3. The number of nitrogens with one attached hydrogen (secondary N) is 1. The summed E-state index contributed by atoms with van der Waals surface area (Å²) in [6.45, 7) is 6.28. The molecule has 2 aromatic rings. The van der Waals surface area contributed by atoms with Gasteiger partial charge in [-0.15, -0.1) is 0 Å². The van der Waals surface area contributed by atoms with Crippen molar-refractivity contribution >= 4 is 23.1 Å². The molecule has 0 fully saturated rings. The van der Waals surface area contributed by atoms with Crippen LogP contribution in [0.1, 0.15) is 26.3 Å². The molecule has 0 unspecified atom stereocenters. The van der Waals surface area contributed by atoms with E-state index in [1.54, 1.807) is 24.3 Å². The Morgan fingerprint density at radius 2 is 1.68 bits per heavy atom. The average molecular weight is 380 g/mol. The number of anilines is 1. The summed E-state index contributed by atoms with van der Waals surface area (Å²) in [6, 6.07) is 14.5. The van der Waals surface area contributed by atoms with Gasteiger partial charge in [0, 0.05) is 7.05 Å². The second kappa shape index (κ2) is 8.17. The number of para-hydroxylation sites is 2. The van der Waals surface area contributed by atoms with Gasteiger partial charge in [0.05, 0.1) is 24.0 Å². The Bertz CT molecular complexity index is 916. The molecule has 146 valence electrons. The molecule has 1 aliphatic heterocycles. The maximum Gasteiger partial charge on any atom is 0.277 e. The van der Waals surface area contributed by atoms with Crippen molar-refractivity contribution in [3.05, 3.63) is 59.8 Å². The minimum atomic E-state index is -0.381. The predicted molar refractivity (Wildman–Crippen MR) is 108 cm³/mol. The predicted octanol–water partition coefficient (Wildman–Crippen LogP) is 3.69. The van der Waals surface area contributed by atoms with Gasteiger partial charge in [-0.05, 0) is 50.6 Å². The molecule has 0 radical (unpaired) electrons. The van der Waals surface area contributed by atoms with Crippen molar-refractivity contribution in [1.82, 2.24) is 4.90 Å². The van der Waals surface area contributed by atoms with Crippen LogP contribution >= 0.6 is 0 Å². The highest BCUT2D eigenvalue weighted by Crippen LogP contribution is 2.33. The minimum absolute atomic E-state index is 0.0539. The smallest absolute Gasteiger partial charge is 0.277 e. The molecule has 0 aromatic heterocycles. The third-order valence-corrected chi connectivity index (χ3v) is 4.25. The van der Waals surface area contributed by atoms with Crippen molar-refractivity contribution in [2.24, 2.45) is 0 Å². The molecular formula is C22H24N2O4. The lowest BCUT2D eigenvalue weighted by Crippen LogP contribution is -2.28. The molecule has 1 aliphatic rings. The molecule has 6 nitrogen and oxygen atoms in total. The molecular weight excluding hydrogens is 356 g/mol. The van der Waals surface area contributed by atoms with E-state index >= 15 is 0 Å². The molecule has 0 bridgehead atoms. The summed E-state index contributed by atoms with van der Waals surface area (Å²) in [5.74, 6) is 0.598. The number of imide groups is 1. The van der Waals surface area contributed by atoms with E-state index in [0.29, 0.717) is 34.9 Å². The first-order valence-electron chi connectivity index (χ1n) is 9.25. The van der Waals surface area contributed by atoms with E-state index in [9.17, 15) is 9.59 Å². The zero-order chi connectivity index (χ0) is 20.3. The maximum atomic E-state index is 12.7. The number of amides is 2. The first-order valence-corrected chi connectivity index (χ1v) is 9.25. The number of carbonyl (C=O) groups is 2. The number of ether oxygens (including phenoxy) is 2. The Balaban J connectivity index is 2.01. The van der Waals surface area contributed by atoms with Crippen molar-refractivity contribution < 1.29 is 19.1 Å². The Labute approximate surface area is 164 Å². The molecule has 0 saturated carbocycles. The van der Waals surface area contributed by atoms with Gasteiger partial charge in [-0.1, -0.05) is 24.3 Å². The van der Waals surface area contributed by atoms with E-state index in [0.717, 1.165) is 4.90 Å². The molecule has 0 spiro atoms. The molecule has 2 amide bonds. The minimum Gasteiger partial charge on any atom is -0.492 e. The number of nitrogens with zero attached hydrogens (tertiary/aromatic N) is 1. The normalized spacial score (nSPS) is 14.1. The monoisotopic (exact) mass is 380 g/mol. The van der Waals surface area contributed by atoms with Gasteiger partial charge in [0.1, 0.15) is 17.2 Å². The zero-order valence-corrected chi connectivity index (χ0v) is 16.5. The van der Waals surface area contributed by atoms with Gasteiger partial charge in [-0.3, -0.25) is 14.5 Å². The van der Waals surface area contributed by atoms with Crippen LogP contribution in [0.5, 0.6) is 11.5 Å². The Morgan fingerprint density at radius 1 is 1.00 bits per heavy atom. The van der Waals surface area contributed by atoms with Crippen molar-refractivity contribution in [2.45, 2.75) is 26.9 Å². The van der Waals surface area contributed by atoms with Crippen molar-refractivity contribution in [1.29, 1.82) is 0 Å². The highest BCUT2D eigenvalue weighted by molar-refractivity contribution is 6.36. The summed E-state index contributed by atoms with van der Waals surface area (Å²) >= 11 is 0. The van der Waals surface area contributed by atoms with Crippen LogP contribution in [0.3, 0.4) is 0 Å². The van der Waals surface area contributed by atoms with E-state index in [4.69, 9.17) is 9.47 Å². The van der Waals surface area contributed by atoms with E-state index < -0.39 is 0 Å². The number of rotatable bonds is 7. The molecule has 1 heterocycles. The summed E-state index contributed by atoms with van der Waals surface area (Å²) in [4.78, 5) is 26.6. The van der Waals surface area contributed by atoms with Crippen molar-refractivity contribution in [3.63, 3.8) is 0 Å². The Kier molecular flexibility index (Phi) is 5.68. The highest BCUT2D eigenvalue weighted by atomic mass is 16.5. The summed E-state index contributed by atoms with van der Waals surface area (Å²) in [7, 11) is 1.48. The van der Waals surface area contributed by atoms with Gasteiger partial charge in [0.2, 0.25) is 0 Å². The Morgan fingerprint density at radius 3 is 2.32 bits per heavy atom. The molecule has 0 saturated heterocycles. The van der Waals surface area contributed by atoms with Crippen LogP contribution in [0, 0.1) is 0 Å². The number of hydrogen-bond acceptors (Lipinski definition) is 5. The number of benzene rings is 2. The fourth-order valence-corrected chi connectivity index (χ4v) is 2.98. The molecule has 2 aromatic carbocycles. The van der Waals surface area contributed by atoms with Gasteiger partial charge < -0.3 is 14.8 Å². The quantitative estimate of drug-likeness (QED) is 0.742. The first kappa shape index (κ1) is 19.5. The molecule has 28 heavy (non-hydrogen) atoms. The molecule has 6 heteroatoms. The van der Waals surface area contributed by atoms with Crippen LogP contribution in [-0.2, 0) is 9.59 Å². The number of carbonyl (C=O) groups excluding carboxylic acids is 2. The van der Waals surface area contributed by atoms with Gasteiger partial charge in [-0.2, -0.15) is 0 Å². The van der Waals surface area contributed by atoms with Crippen LogP contribution < -0.4 is 14.8 Å². The van der Waals surface area contributed by atoms with Crippen LogP contribution in [0.15, 0.2) is 54.2 Å². The first-order chi connectivity index (χ1) is 13.4. The largest absolute Gasteiger partial charge is 0.492 e. The third-order valence-electron chi connectivity index (χ3n) is 4.25. The van der Waals surface area contributed by atoms with Crippen LogP contribution in [0.2, 0.25) is 0 Å². The molecule has 1 N–H and O–H groups in total. The number of hydrogen-bond donors (Lipinski definition) is 1. The fourth-order valence-electron chi connectivity index (χ4n) is 2.98. The number of likely N-dealkylation sites (N-methyl/N-ethyl adjacent to an activating group) is 1.